The maximum atomic E-state index is 12.7. The minimum absolute atomic E-state index is 0.0878. The Bertz CT molecular complexity index is 631. The van der Waals surface area contributed by atoms with Crippen molar-refractivity contribution in [2.45, 2.75) is 0 Å². The van der Waals surface area contributed by atoms with E-state index in [-0.39, 0.29) is 30.3 Å². The Morgan fingerprint density at radius 1 is 1.24 bits per heavy atom. The molecule has 0 radical (unpaired) electrons. The van der Waals surface area contributed by atoms with Crippen molar-refractivity contribution in [1.29, 1.82) is 0 Å². The van der Waals surface area contributed by atoms with Crippen LogP contribution in [0.3, 0.4) is 0 Å². The van der Waals surface area contributed by atoms with Gasteiger partial charge in [0.15, 0.2) is 0 Å². The van der Waals surface area contributed by atoms with E-state index in [1.807, 2.05) is 0 Å². The van der Waals surface area contributed by atoms with E-state index in [0.717, 1.165) is 0 Å². The average Bonchev–Trinajstić information content (AvgIpc) is 2.47. The van der Waals surface area contributed by atoms with Gasteiger partial charge in [-0.15, -0.1) is 0 Å². The molecule has 2 N–H and O–H groups in total. The van der Waals surface area contributed by atoms with Gasteiger partial charge >= 0.3 is 0 Å². The van der Waals surface area contributed by atoms with Crippen LogP contribution >= 0.6 is 15.9 Å². The molecule has 2 aromatic rings. The summed E-state index contributed by atoms with van der Waals surface area (Å²) in [5, 5.41) is 12.2. The van der Waals surface area contributed by atoms with Crippen LogP contribution in [0, 0.1) is 5.82 Å². The monoisotopic (exact) mass is 353 g/mol. The van der Waals surface area contributed by atoms with Crippen LogP contribution in [0.1, 0.15) is 10.4 Å². The molecule has 0 aliphatic carbocycles. The van der Waals surface area contributed by atoms with E-state index in [4.69, 9.17) is 4.74 Å². The van der Waals surface area contributed by atoms with Gasteiger partial charge in [0.25, 0.3) is 5.91 Å². The van der Waals surface area contributed by atoms with Gasteiger partial charge < -0.3 is 15.2 Å². The normalized spacial score (nSPS) is 10.2. The molecule has 110 valence electrons. The number of amides is 1. The molecule has 21 heavy (non-hydrogen) atoms. The Morgan fingerprint density at radius 2 is 1.95 bits per heavy atom. The molecule has 0 aliphatic heterocycles. The van der Waals surface area contributed by atoms with Crippen LogP contribution in [0.5, 0.6) is 11.5 Å². The summed E-state index contributed by atoms with van der Waals surface area (Å²) in [6.07, 6.45) is 0. The second-order valence-electron chi connectivity index (χ2n) is 4.22. The van der Waals surface area contributed by atoms with Crippen molar-refractivity contribution < 1.29 is 19.0 Å². The molecule has 2 aromatic carbocycles. The van der Waals surface area contributed by atoms with Gasteiger partial charge in [0.1, 0.15) is 23.9 Å². The fourth-order valence-electron chi connectivity index (χ4n) is 1.65. The Morgan fingerprint density at radius 3 is 2.67 bits per heavy atom. The van der Waals surface area contributed by atoms with Crippen LogP contribution in [0.4, 0.5) is 4.39 Å². The number of hydrogen-bond donors (Lipinski definition) is 2. The Labute approximate surface area is 129 Å². The number of phenolic OH excluding ortho intramolecular Hbond substituents is 1. The number of ether oxygens (including phenoxy) is 1. The maximum Gasteiger partial charge on any atom is 0.255 e. The molecule has 4 nitrogen and oxygen atoms in total. The number of carbonyl (C=O) groups excluding carboxylic acids is 1. The molecule has 0 spiro atoms. The summed E-state index contributed by atoms with van der Waals surface area (Å²) in [6.45, 7) is 0.508. The molecular weight excluding hydrogens is 341 g/mol. The van der Waals surface area contributed by atoms with Crippen molar-refractivity contribution in [2.75, 3.05) is 13.2 Å². The second-order valence-corrected chi connectivity index (χ2v) is 5.14. The first-order valence-corrected chi connectivity index (χ1v) is 7.00. The third-order valence-electron chi connectivity index (χ3n) is 2.67. The standard InChI is InChI=1S/C15H13BrFNO3/c16-10-1-6-14(19)13(9-10)15(20)18-7-8-21-12-4-2-11(17)3-5-12/h1-6,9,19H,7-8H2,(H,18,20). The van der Waals surface area contributed by atoms with Crippen LogP contribution in [0.25, 0.3) is 0 Å². The lowest BCUT2D eigenvalue weighted by Crippen LogP contribution is -2.28. The van der Waals surface area contributed by atoms with Crippen LogP contribution in [0.2, 0.25) is 0 Å². The predicted octanol–water partition coefficient (Wildman–Crippen LogP) is 3.10. The SMILES string of the molecule is O=C(NCCOc1ccc(F)cc1)c1cc(Br)ccc1O. The van der Waals surface area contributed by atoms with Gasteiger partial charge in [-0.05, 0) is 42.5 Å². The largest absolute Gasteiger partial charge is 0.507 e. The lowest BCUT2D eigenvalue weighted by molar-refractivity contribution is 0.0944. The number of carbonyl (C=O) groups is 1. The van der Waals surface area contributed by atoms with E-state index in [1.54, 1.807) is 6.07 Å². The zero-order valence-corrected chi connectivity index (χ0v) is 12.6. The topological polar surface area (TPSA) is 58.6 Å². The molecule has 0 aliphatic rings. The number of rotatable bonds is 5. The van der Waals surface area contributed by atoms with E-state index in [9.17, 15) is 14.3 Å². The number of aromatic hydroxyl groups is 1. The molecule has 0 bridgehead atoms. The van der Waals surface area contributed by atoms with Crippen molar-refractivity contribution >= 4 is 21.8 Å². The summed E-state index contributed by atoms with van der Waals surface area (Å²) >= 11 is 3.24. The van der Waals surface area contributed by atoms with Crippen molar-refractivity contribution in [1.82, 2.24) is 5.32 Å². The second kappa shape index (κ2) is 7.08. The van der Waals surface area contributed by atoms with E-state index >= 15 is 0 Å². The van der Waals surface area contributed by atoms with Crippen molar-refractivity contribution in [2.24, 2.45) is 0 Å². The van der Waals surface area contributed by atoms with Crippen LogP contribution in [-0.4, -0.2) is 24.2 Å². The molecule has 6 heteroatoms. The molecule has 0 unspecified atom stereocenters. The van der Waals surface area contributed by atoms with Crippen LogP contribution in [0.15, 0.2) is 46.9 Å². The molecule has 0 atom stereocenters. The van der Waals surface area contributed by atoms with Crippen LogP contribution < -0.4 is 10.1 Å². The lowest BCUT2D eigenvalue weighted by atomic mass is 10.2. The highest BCUT2D eigenvalue weighted by Crippen LogP contribution is 2.21. The molecule has 0 aromatic heterocycles. The van der Waals surface area contributed by atoms with E-state index < -0.39 is 5.91 Å². The molecule has 0 saturated carbocycles. The van der Waals surface area contributed by atoms with Crippen molar-refractivity contribution in [3.8, 4) is 11.5 Å². The first-order valence-electron chi connectivity index (χ1n) is 6.21. The summed E-state index contributed by atoms with van der Waals surface area (Å²) in [4.78, 5) is 11.9. The third-order valence-corrected chi connectivity index (χ3v) is 3.17. The third kappa shape index (κ3) is 4.46. The van der Waals surface area contributed by atoms with Gasteiger partial charge in [-0.3, -0.25) is 4.79 Å². The number of phenols is 1. The Hall–Kier alpha value is -2.08. The zero-order chi connectivity index (χ0) is 15.2. The predicted molar refractivity (Wildman–Crippen MR) is 80.0 cm³/mol. The Kier molecular flexibility index (Phi) is 5.16. The number of benzene rings is 2. The quantitative estimate of drug-likeness (QED) is 0.812. The number of nitrogens with one attached hydrogen (secondary N) is 1. The zero-order valence-electron chi connectivity index (χ0n) is 11.0. The van der Waals surface area contributed by atoms with Gasteiger partial charge in [-0.2, -0.15) is 0 Å². The maximum absolute atomic E-state index is 12.7. The van der Waals surface area contributed by atoms with Crippen molar-refractivity contribution in [3.05, 3.63) is 58.3 Å². The van der Waals surface area contributed by atoms with Gasteiger partial charge in [0, 0.05) is 4.47 Å². The molecular formula is C15H13BrFNO3. The van der Waals surface area contributed by atoms with Gasteiger partial charge in [-0.25, -0.2) is 4.39 Å². The smallest absolute Gasteiger partial charge is 0.255 e. The van der Waals surface area contributed by atoms with Crippen molar-refractivity contribution in [3.63, 3.8) is 0 Å². The summed E-state index contributed by atoms with van der Waals surface area (Å²) in [5.41, 5.74) is 0.186. The fourth-order valence-corrected chi connectivity index (χ4v) is 2.01. The highest BCUT2D eigenvalue weighted by Gasteiger charge is 2.10. The highest BCUT2D eigenvalue weighted by molar-refractivity contribution is 9.10. The highest BCUT2D eigenvalue weighted by atomic mass is 79.9. The molecule has 0 saturated heterocycles. The van der Waals surface area contributed by atoms with E-state index in [2.05, 4.69) is 21.2 Å². The van der Waals surface area contributed by atoms with E-state index in [0.29, 0.717) is 10.2 Å². The number of hydrogen-bond acceptors (Lipinski definition) is 3. The molecule has 2 rings (SSSR count). The summed E-state index contributed by atoms with van der Waals surface area (Å²) in [5.74, 6) is -0.289. The first kappa shape index (κ1) is 15.3. The number of halogens is 2. The van der Waals surface area contributed by atoms with Crippen LogP contribution in [-0.2, 0) is 0 Å². The summed E-state index contributed by atoms with van der Waals surface area (Å²) in [7, 11) is 0. The molecule has 1 amide bonds. The lowest BCUT2D eigenvalue weighted by Gasteiger charge is -2.09. The van der Waals surface area contributed by atoms with Gasteiger partial charge in [0.2, 0.25) is 0 Å². The van der Waals surface area contributed by atoms with Gasteiger partial charge in [-0.1, -0.05) is 15.9 Å². The average molecular weight is 354 g/mol. The molecule has 0 heterocycles. The first-order chi connectivity index (χ1) is 10.1. The minimum atomic E-state index is -0.392. The fraction of sp³-hybridized carbons (Fsp3) is 0.133. The molecule has 0 fully saturated rings. The minimum Gasteiger partial charge on any atom is -0.507 e. The van der Waals surface area contributed by atoms with Gasteiger partial charge in [0.05, 0.1) is 12.1 Å². The summed E-state index contributed by atoms with van der Waals surface area (Å²) < 4.78 is 18.7. The van der Waals surface area contributed by atoms with E-state index in [1.165, 1.54) is 36.4 Å². The summed E-state index contributed by atoms with van der Waals surface area (Å²) in [6, 6.07) is 10.2. The Balaban J connectivity index is 1.81.